The Hall–Kier alpha value is -2.14. The number of carboxylic acids is 1. The lowest BCUT2D eigenvalue weighted by atomic mass is 10.0. The Labute approximate surface area is 123 Å². The van der Waals surface area contributed by atoms with E-state index in [1.165, 1.54) is 5.56 Å². The van der Waals surface area contributed by atoms with Crippen LogP contribution in [0, 0.1) is 6.92 Å². The van der Waals surface area contributed by atoms with Crippen LogP contribution in [0.2, 0.25) is 0 Å². The van der Waals surface area contributed by atoms with Crippen LogP contribution in [0.15, 0.2) is 30.5 Å². The standard InChI is InChI=1S/C16H18N2O3/c1-11-2-4-12(5-3-11)8-18-9-14(16(19)20)15(17-18)13-6-7-21-10-13/h2-5,9,13H,6-8,10H2,1H3,(H,19,20). The van der Waals surface area contributed by atoms with E-state index in [2.05, 4.69) is 5.10 Å². The van der Waals surface area contributed by atoms with Crippen molar-refractivity contribution in [3.8, 4) is 0 Å². The van der Waals surface area contributed by atoms with Crippen LogP contribution < -0.4 is 0 Å². The fourth-order valence-electron chi connectivity index (χ4n) is 2.61. The van der Waals surface area contributed by atoms with Crippen molar-refractivity contribution >= 4 is 5.97 Å². The zero-order valence-corrected chi connectivity index (χ0v) is 12.0. The highest BCUT2D eigenvalue weighted by Crippen LogP contribution is 2.27. The van der Waals surface area contributed by atoms with Crippen molar-refractivity contribution in [2.45, 2.75) is 25.8 Å². The number of carboxylic acid groups (broad SMARTS) is 1. The van der Waals surface area contributed by atoms with Crippen molar-refractivity contribution in [2.24, 2.45) is 0 Å². The Kier molecular flexibility index (Phi) is 3.75. The molecule has 21 heavy (non-hydrogen) atoms. The molecule has 2 heterocycles. The predicted octanol–water partition coefficient (Wildman–Crippen LogP) is 2.44. The van der Waals surface area contributed by atoms with Crippen molar-refractivity contribution in [3.63, 3.8) is 0 Å². The maximum Gasteiger partial charge on any atom is 0.339 e. The molecule has 1 aliphatic heterocycles. The summed E-state index contributed by atoms with van der Waals surface area (Å²) in [5.74, 6) is -0.831. The second kappa shape index (κ2) is 5.69. The molecule has 2 aromatic rings. The van der Waals surface area contributed by atoms with Crippen molar-refractivity contribution in [3.05, 3.63) is 52.8 Å². The molecule has 1 saturated heterocycles. The molecule has 0 amide bonds. The van der Waals surface area contributed by atoms with Gasteiger partial charge in [-0.3, -0.25) is 4.68 Å². The molecular weight excluding hydrogens is 268 g/mol. The van der Waals surface area contributed by atoms with Gasteiger partial charge in [-0.05, 0) is 18.9 Å². The van der Waals surface area contributed by atoms with E-state index in [9.17, 15) is 9.90 Å². The van der Waals surface area contributed by atoms with Crippen molar-refractivity contribution in [2.75, 3.05) is 13.2 Å². The molecule has 5 heteroatoms. The minimum atomic E-state index is -0.924. The lowest BCUT2D eigenvalue weighted by molar-refractivity contribution is 0.0695. The summed E-state index contributed by atoms with van der Waals surface area (Å²) in [6, 6.07) is 8.16. The molecule has 5 nitrogen and oxygen atoms in total. The molecule has 1 atom stereocenters. The molecule has 0 radical (unpaired) electrons. The third-order valence-corrected chi connectivity index (χ3v) is 3.80. The maximum absolute atomic E-state index is 11.4. The molecule has 1 fully saturated rings. The monoisotopic (exact) mass is 286 g/mol. The fourth-order valence-corrected chi connectivity index (χ4v) is 2.61. The number of ether oxygens (including phenoxy) is 1. The molecule has 0 saturated carbocycles. The van der Waals surface area contributed by atoms with E-state index < -0.39 is 5.97 Å². The second-order valence-electron chi connectivity index (χ2n) is 5.48. The van der Waals surface area contributed by atoms with Gasteiger partial charge in [-0.1, -0.05) is 29.8 Å². The minimum absolute atomic E-state index is 0.0929. The Morgan fingerprint density at radius 1 is 1.43 bits per heavy atom. The van der Waals surface area contributed by atoms with E-state index in [1.807, 2.05) is 31.2 Å². The number of benzene rings is 1. The van der Waals surface area contributed by atoms with Crippen LogP contribution in [0.3, 0.4) is 0 Å². The Morgan fingerprint density at radius 3 is 2.81 bits per heavy atom. The summed E-state index contributed by atoms with van der Waals surface area (Å²) < 4.78 is 7.05. The van der Waals surface area contributed by atoms with Crippen LogP contribution in [0.1, 0.15) is 39.5 Å². The zero-order valence-electron chi connectivity index (χ0n) is 12.0. The Morgan fingerprint density at radius 2 is 2.19 bits per heavy atom. The molecule has 0 aliphatic carbocycles. The van der Waals surface area contributed by atoms with Crippen molar-refractivity contribution in [1.29, 1.82) is 0 Å². The Bertz CT molecular complexity index is 640. The minimum Gasteiger partial charge on any atom is -0.478 e. The van der Waals surface area contributed by atoms with Crippen LogP contribution in [0.5, 0.6) is 0 Å². The summed E-state index contributed by atoms with van der Waals surface area (Å²) >= 11 is 0. The summed E-state index contributed by atoms with van der Waals surface area (Å²) in [7, 11) is 0. The smallest absolute Gasteiger partial charge is 0.339 e. The average Bonchev–Trinajstić information content (AvgIpc) is 3.10. The van der Waals surface area contributed by atoms with Gasteiger partial charge in [0.25, 0.3) is 0 Å². The topological polar surface area (TPSA) is 64.4 Å². The first-order valence-corrected chi connectivity index (χ1v) is 7.07. The fraction of sp³-hybridized carbons (Fsp3) is 0.375. The molecule has 110 valence electrons. The van der Waals surface area contributed by atoms with E-state index in [1.54, 1.807) is 10.9 Å². The van der Waals surface area contributed by atoms with E-state index in [0.29, 0.717) is 25.5 Å². The first-order chi connectivity index (χ1) is 10.1. The van der Waals surface area contributed by atoms with E-state index in [4.69, 9.17) is 4.74 Å². The van der Waals surface area contributed by atoms with Gasteiger partial charge in [-0.2, -0.15) is 5.10 Å². The summed E-state index contributed by atoms with van der Waals surface area (Å²) in [4.78, 5) is 11.4. The summed E-state index contributed by atoms with van der Waals surface area (Å²) in [6.07, 6.45) is 2.46. The van der Waals surface area contributed by atoms with Crippen molar-refractivity contribution in [1.82, 2.24) is 9.78 Å². The lowest BCUT2D eigenvalue weighted by Crippen LogP contribution is -2.06. The first kappa shape index (κ1) is 13.8. The van der Waals surface area contributed by atoms with Gasteiger partial charge in [0, 0.05) is 18.7 Å². The number of aryl methyl sites for hydroxylation is 1. The largest absolute Gasteiger partial charge is 0.478 e. The van der Waals surface area contributed by atoms with Crippen LogP contribution >= 0.6 is 0 Å². The second-order valence-corrected chi connectivity index (χ2v) is 5.48. The molecule has 1 aromatic heterocycles. The molecule has 1 N–H and O–H groups in total. The van der Waals surface area contributed by atoms with Crippen LogP contribution in [-0.2, 0) is 11.3 Å². The lowest BCUT2D eigenvalue weighted by Gasteiger charge is -2.05. The number of aromatic nitrogens is 2. The number of rotatable bonds is 4. The van der Waals surface area contributed by atoms with Gasteiger partial charge < -0.3 is 9.84 Å². The van der Waals surface area contributed by atoms with Gasteiger partial charge in [0.05, 0.1) is 18.8 Å². The molecule has 0 bridgehead atoms. The van der Waals surface area contributed by atoms with Gasteiger partial charge >= 0.3 is 5.97 Å². The van der Waals surface area contributed by atoms with E-state index >= 15 is 0 Å². The quantitative estimate of drug-likeness (QED) is 0.937. The van der Waals surface area contributed by atoms with Crippen LogP contribution in [0.25, 0.3) is 0 Å². The molecule has 0 spiro atoms. The molecular formula is C16H18N2O3. The highest BCUT2D eigenvalue weighted by molar-refractivity contribution is 5.88. The predicted molar refractivity (Wildman–Crippen MR) is 77.6 cm³/mol. The Balaban J connectivity index is 1.87. The van der Waals surface area contributed by atoms with E-state index in [0.717, 1.165) is 12.0 Å². The average molecular weight is 286 g/mol. The molecule has 1 aromatic carbocycles. The highest BCUT2D eigenvalue weighted by Gasteiger charge is 2.26. The number of carbonyl (C=O) groups is 1. The third kappa shape index (κ3) is 2.97. The van der Waals surface area contributed by atoms with Crippen LogP contribution in [0.4, 0.5) is 0 Å². The summed E-state index contributed by atoms with van der Waals surface area (Å²) in [5.41, 5.74) is 3.24. The van der Waals surface area contributed by atoms with Gasteiger partial charge in [-0.25, -0.2) is 4.79 Å². The van der Waals surface area contributed by atoms with Gasteiger partial charge in [0.2, 0.25) is 0 Å². The first-order valence-electron chi connectivity index (χ1n) is 7.07. The van der Waals surface area contributed by atoms with Gasteiger partial charge in [-0.15, -0.1) is 0 Å². The van der Waals surface area contributed by atoms with Gasteiger partial charge in [0.1, 0.15) is 5.56 Å². The summed E-state index contributed by atoms with van der Waals surface area (Å²) in [6.45, 7) is 3.85. The van der Waals surface area contributed by atoms with E-state index in [-0.39, 0.29) is 11.5 Å². The number of nitrogens with zero attached hydrogens (tertiary/aromatic N) is 2. The van der Waals surface area contributed by atoms with Crippen molar-refractivity contribution < 1.29 is 14.6 Å². The third-order valence-electron chi connectivity index (χ3n) is 3.80. The SMILES string of the molecule is Cc1ccc(Cn2cc(C(=O)O)c(C3CCOC3)n2)cc1. The van der Waals surface area contributed by atoms with Crippen LogP contribution in [-0.4, -0.2) is 34.1 Å². The maximum atomic E-state index is 11.4. The van der Waals surface area contributed by atoms with Gasteiger partial charge in [0.15, 0.2) is 0 Å². The number of hydrogen-bond donors (Lipinski definition) is 1. The molecule has 1 unspecified atom stereocenters. The highest BCUT2D eigenvalue weighted by atomic mass is 16.5. The summed E-state index contributed by atoms with van der Waals surface area (Å²) in [5, 5.41) is 13.8. The molecule has 3 rings (SSSR count). The zero-order chi connectivity index (χ0) is 14.8. The number of aromatic carboxylic acids is 1. The normalized spacial score (nSPS) is 18.0. The molecule has 1 aliphatic rings. The number of hydrogen-bond acceptors (Lipinski definition) is 3.